The van der Waals surface area contributed by atoms with E-state index in [1.165, 1.54) is 0 Å². The van der Waals surface area contributed by atoms with Crippen molar-refractivity contribution >= 4 is 23.1 Å². The molecule has 0 unspecified atom stereocenters. The van der Waals surface area contributed by atoms with Crippen molar-refractivity contribution in [1.29, 1.82) is 0 Å². The van der Waals surface area contributed by atoms with Gasteiger partial charge in [-0.1, -0.05) is 30.0 Å². The molecule has 0 spiro atoms. The summed E-state index contributed by atoms with van der Waals surface area (Å²) in [5.41, 5.74) is 4.03. The summed E-state index contributed by atoms with van der Waals surface area (Å²) in [5, 5.41) is 12.9. The predicted molar refractivity (Wildman–Crippen MR) is 127 cm³/mol. The van der Waals surface area contributed by atoms with E-state index in [-0.39, 0.29) is 0 Å². The summed E-state index contributed by atoms with van der Waals surface area (Å²) in [4.78, 5) is 4.81. The van der Waals surface area contributed by atoms with Crippen LogP contribution in [0.25, 0.3) is 27.6 Å². The van der Waals surface area contributed by atoms with E-state index in [1.807, 2.05) is 55.5 Å². The average Bonchev–Trinajstić information content (AvgIpc) is 3.58. The summed E-state index contributed by atoms with van der Waals surface area (Å²) >= 11 is 3.25. The van der Waals surface area contributed by atoms with Crippen LogP contribution in [0.3, 0.4) is 0 Å². The summed E-state index contributed by atoms with van der Waals surface area (Å²) < 4.78 is 12.8. The molecule has 6 nitrogen and oxygen atoms in total. The zero-order valence-corrected chi connectivity index (χ0v) is 19.2. The largest absolute Gasteiger partial charge is 0.497 e. The number of nitrogens with zero attached hydrogens (tertiary/aromatic N) is 4. The molecular weight excluding hydrogens is 440 g/mol. The number of benzene rings is 2. The Balaban J connectivity index is 1.41. The Morgan fingerprint density at radius 3 is 2.56 bits per heavy atom. The van der Waals surface area contributed by atoms with Crippen LogP contribution in [0.4, 0.5) is 0 Å². The molecule has 0 bridgehead atoms. The van der Waals surface area contributed by atoms with Gasteiger partial charge in [0.15, 0.2) is 11.0 Å². The standard InChI is InChI=1S/C24H20N4O2S2/c1-16-21(12-13-30-16)22-26-27-24(28(22)19-6-4-3-5-7-19)32-15-18-14-31-23(25-18)17-8-10-20(29-2)11-9-17/h3-14H,15H2,1-2H3. The Hall–Kier alpha value is -3.36. The number of aryl methyl sites for hydroxylation is 1. The van der Waals surface area contributed by atoms with E-state index >= 15 is 0 Å². The second kappa shape index (κ2) is 9.02. The molecule has 0 aliphatic carbocycles. The first-order chi connectivity index (χ1) is 15.7. The number of thiazole rings is 1. The maximum absolute atomic E-state index is 5.50. The van der Waals surface area contributed by atoms with Crippen molar-refractivity contribution in [1.82, 2.24) is 19.7 Å². The zero-order chi connectivity index (χ0) is 21.9. The van der Waals surface area contributed by atoms with E-state index < -0.39 is 0 Å². The second-order valence-corrected chi connectivity index (χ2v) is 8.83. The SMILES string of the molecule is COc1ccc(-c2nc(CSc3nnc(-c4ccoc4C)n3-c3ccccc3)cs2)cc1. The molecular formula is C24H20N4O2S2. The molecule has 32 heavy (non-hydrogen) atoms. The third kappa shape index (κ3) is 4.06. The minimum Gasteiger partial charge on any atom is -0.497 e. The number of ether oxygens (including phenoxy) is 1. The quantitative estimate of drug-likeness (QED) is 0.267. The van der Waals surface area contributed by atoms with Crippen molar-refractivity contribution in [2.45, 2.75) is 17.8 Å². The van der Waals surface area contributed by atoms with Gasteiger partial charge in [0, 0.05) is 22.4 Å². The van der Waals surface area contributed by atoms with E-state index in [0.29, 0.717) is 5.75 Å². The fourth-order valence-electron chi connectivity index (χ4n) is 3.34. The molecule has 3 heterocycles. The lowest BCUT2D eigenvalue weighted by molar-refractivity contribution is 0.415. The van der Waals surface area contributed by atoms with Crippen LogP contribution < -0.4 is 4.74 Å². The van der Waals surface area contributed by atoms with E-state index in [2.05, 4.69) is 32.3 Å². The van der Waals surface area contributed by atoms with E-state index in [0.717, 1.165) is 50.0 Å². The van der Waals surface area contributed by atoms with Crippen molar-refractivity contribution < 1.29 is 9.15 Å². The first kappa shape index (κ1) is 20.5. The lowest BCUT2D eigenvalue weighted by Gasteiger charge is -2.09. The molecule has 8 heteroatoms. The van der Waals surface area contributed by atoms with Crippen molar-refractivity contribution in [3.63, 3.8) is 0 Å². The molecule has 0 fully saturated rings. The lowest BCUT2D eigenvalue weighted by atomic mass is 10.2. The Morgan fingerprint density at radius 1 is 1.03 bits per heavy atom. The van der Waals surface area contributed by atoms with Crippen LogP contribution in [0.5, 0.6) is 5.75 Å². The number of furan rings is 1. The van der Waals surface area contributed by atoms with Crippen LogP contribution in [0, 0.1) is 6.92 Å². The van der Waals surface area contributed by atoms with Gasteiger partial charge in [-0.3, -0.25) is 4.57 Å². The van der Waals surface area contributed by atoms with Crippen LogP contribution in [-0.4, -0.2) is 26.9 Å². The molecule has 160 valence electrons. The molecule has 0 amide bonds. The molecule has 2 aromatic carbocycles. The number of rotatable bonds is 7. The molecule has 0 N–H and O–H groups in total. The number of aromatic nitrogens is 4. The normalized spacial score (nSPS) is 11.1. The first-order valence-electron chi connectivity index (χ1n) is 10.00. The Kier molecular flexibility index (Phi) is 5.79. The highest BCUT2D eigenvalue weighted by Crippen LogP contribution is 2.33. The average molecular weight is 461 g/mol. The molecule has 0 atom stereocenters. The van der Waals surface area contributed by atoms with Crippen LogP contribution in [0.2, 0.25) is 0 Å². The first-order valence-corrected chi connectivity index (χ1v) is 11.9. The maximum atomic E-state index is 5.50. The maximum Gasteiger partial charge on any atom is 0.196 e. The Bertz CT molecular complexity index is 1320. The molecule has 5 rings (SSSR count). The Morgan fingerprint density at radius 2 is 1.84 bits per heavy atom. The van der Waals surface area contributed by atoms with E-state index in [1.54, 1.807) is 36.5 Å². The third-order valence-electron chi connectivity index (χ3n) is 4.99. The van der Waals surface area contributed by atoms with Gasteiger partial charge in [0.05, 0.1) is 24.6 Å². The molecule has 0 aliphatic rings. The van der Waals surface area contributed by atoms with Gasteiger partial charge < -0.3 is 9.15 Å². The highest BCUT2D eigenvalue weighted by molar-refractivity contribution is 7.98. The van der Waals surface area contributed by atoms with Crippen molar-refractivity contribution in [3.05, 3.63) is 83.8 Å². The van der Waals surface area contributed by atoms with Gasteiger partial charge in [0.25, 0.3) is 0 Å². The molecule has 5 aromatic rings. The number of methoxy groups -OCH3 is 1. The van der Waals surface area contributed by atoms with Gasteiger partial charge in [-0.05, 0) is 49.4 Å². The van der Waals surface area contributed by atoms with Crippen molar-refractivity contribution in [3.8, 4) is 33.4 Å². The van der Waals surface area contributed by atoms with Gasteiger partial charge >= 0.3 is 0 Å². The highest BCUT2D eigenvalue weighted by atomic mass is 32.2. The topological polar surface area (TPSA) is 66.0 Å². The monoisotopic (exact) mass is 460 g/mol. The molecule has 3 aromatic heterocycles. The molecule has 0 saturated heterocycles. The van der Waals surface area contributed by atoms with E-state index in [4.69, 9.17) is 14.1 Å². The fraction of sp³-hybridized carbons (Fsp3) is 0.125. The molecule has 0 aliphatic heterocycles. The minimum absolute atomic E-state index is 0.696. The van der Waals surface area contributed by atoms with Gasteiger partial charge in [-0.25, -0.2) is 4.98 Å². The van der Waals surface area contributed by atoms with Crippen LogP contribution in [0.15, 0.2) is 81.9 Å². The fourth-order valence-corrected chi connectivity index (χ4v) is 5.12. The summed E-state index contributed by atoms with van der Waals surface area (Å²) in [6.45, 7) is 1.93. The van der Waals surface area contributed by atoms with Gasteiger partial charge in [0.2, 0.25) is 0 Å². The van der Waals surface area contributed by atoms with Crippen LogP contribution in [0.1, 0.15) is 11.5 Å². The number of hydrogen-bond acceptors (Lipinski definition) is 7. The van der Waals surface area contributed by atoms with Gasteiger partial charge in [-0.2, -0.15) is 0 Å². The minimum atomic E-state index is 0.696. The smallest absolute Gasteiger partial charge is 0.196 e. The number of hydrogen-bond donors (Lipinski definition) is 0. The lowest BCUT2D eigenvalue weighted by Crippen LogP contribution is -1.99. The summed E-state index contributed by atoms with van der Waals surface area (Å²) in [6.07, 6.45) is 1.68. The van der Waals surface area contributed by atoms with Crippen molar-refractivity contribution in [2.24, 2.45) is 0 Å². The summed E-state index contributed by atoms with van der Waals surface area (Å²) in [7, 11) is 1.67. The molecule has 0 saturated carbocycles. The number of para-hydroxylation sites is 1. The summed E-state index contributed by atoms with van der Waals surface area (Å²) in [6, 6.07) is 20.0. The van der Waals surface area contributed by atoms with E-state index in [9.17, 15) is 0 Å². The van der Waals surface area contributed by atoms with Crippen molar-refractivity contribution in [2.75, 3.05) is 7.11 Å². The molecule has 0 radical (unpaired) electrons. The third-order valence-corrected chi connectivity index (χ3v) is 6.89. The van der Waals surface area contributed by atoms with Gasteiger partial charge in [-0.15, -0.1) is 21.5 Å². The van der Waals surface area contributed by atoms with Crippen LogP contribution >= 0.6 is 23.1 Å². The zero-order valence-electron chi connectivity index (χ0n) is 17.6. The van der Waals surface area contributed by atoms with Crippen LogP contribution in [-0.2, 0) is 5.75 Å². The second-order valence-electron chi connectivity index (χ2n) is 7.03. The Labute approximate surface area is 193 Å². The highest BCUT2D eigenvalue weighted by Gasteiger charge is 2.19. The summed E-state index contributed by atoms with van der Waals surface area (Å²) in [5.74, 6) is 3.11. The number of thioether (sulfide) groups is 1. The predicted octanol–water partition coefficient (Wildman–Crippen LogP) is 6.26. The van der Waals surface area contributed by atoms with Gasteiger partial charge in [0.1, 0.15) is 16.5 Å².